The second-order valence-corrected chi connectivity index (χ2v) is 5.99. The molecule has 0 aliphatic heterocycles. The van der Waals surface area contributed by atoms with Gasteiger partial charge in [0.2, 0.25) is 0 Å². The van der Waals surface area contributed by atoms with Crippen molar-refractivity contribution in [3.8, 4) is 0 Å². The van der Waals surface area contributed by atoms with E-state index < -0.39 is 9.05 Å². The van der Waals surface area contributed by atoms with E-state index in [1.165, 1.54) is 22.7 Å². The molecular weight excluding hydrogens is 283 g/mol. The van der Waals surface area contributed by atoms with Gasteiger partial charge in [-0.15, -0.1) is 0 Å². The number of halogens is 3. The van der Waals surface area contributed by atoms with Gasteiger partial charge in [-0.2, -0.15) is 0 Å². The van der Waals surface area contributed by atoms with Crippen LogP contribution in [0.1, 0.15) is 0 Å². The molecular formula is C7H3Cl3N2O2S. The Morgan fingerprint density at radius 2 is 2.00 bits per heavy atom. The fourth-order valence-corrected chi connectivity index (χ4v) is 3.02. The zero-order valence-corrected chi connectivity index (χ0v) is 10.1. The lowest BCUT2D eigenvalue weighted by atomic mass is 10.5. The van der Waals surface area contributed by atoms with Crippen molar-refractivity contribution in [2.24, 2.45) is 0 Å². The normalized spacial score (nSPS) is 12.2. The molecule has 0 bridgehead atoms. The first kappa shape index (κ1) is 11.0. The fraction of sp³-hybridized carbons (Fsp3) is 0. The van der Waals surface area contributed by atoms with Gasteiger partial charge >= 0.3 is 0 Å². The number of aromatic nitrogens is 2. The minimum Gasteiger partial charge on any atom is -0.288 e. The summed E-state index contributed by atoms with van der Waals surface area (Å²) in [6.07, 6.45) is 1.44. The van der Waals surface area contributed by atoms with Crippen LogP contribution in [0.3, 0.4) is 0 Å². The van der Waals surface area contributed by atoms with Gasteiger partial charge in [0.05, 0.1) is 0 Å². The van der Waals surface area contributed by atoms with E-state index in [1.807, 2.05) is 0 Å². The molecule has 0 atom stereocenters. The van der Waals surface area contributed by atoms with E-state index in [1.54, 1.807) is 0 Å². The third kappa shape index (κ3) is 1.92. The Hall–Kier alpha value is -0.490. The molecule has 2 rings (SSSR count). The maximum absolute atomic E-state index is 11.2. The molecule has 0 radical (unpaired) electrons. The molecule has 0 amide bonds. The van der Waals surface area contributed by atoms with Crippen molar-refractivity contribution < 1.29 is 8.42 Å². The average Bonchev–Trinajstić information content (AvgIpc) is 2.38. The van der Waals surface area contributed by atoms with Gasteiger partial charge in [0.1, 0.15) is 5.65 Å². The predicted octanol–water partition coefficient (Wildman–Crippen LogP) is 2.57. The minimum atomic E-state index is -3.93. The van der Waals surface area contributed by atoms with Gasteiger partial charge in [0.15, 0.2) is 10.2 Å². The topological polar surface area (TPSA) is 51.4 Å². The second-order valence-electron chi connectivity index (χ2n) is 2.72. The number of rotatable bonds is 1. The van der Waals surface area contributed by atoms with Crippen molar-refractivity contribution >= 4 is 48.6 Å². The maximum atomic E-state index is 11.2. The van der Waals surface area contributed by atoms with Crippen molar-refractivity contribution in [3.05, 3.63) is 28.5 Å². The molecule has 2 aromatic heterocycles. The van der Waals surface area contributed by atoms with Gasteiger partial charge in [0, 0.05) is 28.0 Å². The summed E-state index contributed by atoms with van der Waals surface area (Å²) in [5, 5.41) is 0.00690. The molecule has 0 aromatic carbocycles. The second kappa shape index (κ2) is 3.52. The van der Waals surface area contributed by atoms with Crippen molar-refractivity contribution in [2.45, 2.75) is 5.03 Å². The molecule has 0 N–H and O–H groups in total. The smallest absolute Gasteiger partial charge is 0.280 e. The summed E-state index contributed by atoms with van der Waals surface area (Å²) in [6, 6.07) is 3.00. The first-order valence-electron chi connectivity index (χ1n) is 3.67. The molecule has 8 heteroatoms. The van der Waals surface area contributed by atoms with E-state index in [0.29, 0.717) is 10.7 Å². The standard InChI is InChI=1S/C7H3Cl3N2O2S/c8-4-1-2-12-5(3-4)11-6(9)7(12)15(10,13)14/h1-3H. The van der Waals surface area contributed by atoms with Crippen molar-refractivity contribution in [2.75, 3.05) is 0 Å². The Labute approximate surface area is 99.8 Å². The Kier molecular flexibility index (Phi) is 2.58. The maximum Gasteiger partial charge on any atom is 0.280 e. The molecule has 0 aliphatic carbocycles. The Morgan fingerprint density at radius 1 is 1.33 bits per heavy atom. The number of nitrogens with zero attached hydrogens (tertiary/aromatic N) is 2. The van der Waals surface area contributed by atoms with Crippen molar-refractivity contribution in [1.82, 2.24) is 9.38 Å². The number of hydrogen-bond donors (Lipinski definition) is 0. The van der Waals surface area contributed by atoms with Crippen molar-refractivity contribution in [3.63, 3.8) is 0 Å². The van der Waals surface area contributed by atoms with Crippen LogP contribution in [-0.2, 0) is 9.05 Å². The first-order chi connectivity index (χ1) is 6.89. The SMILES string of the molecule is O=S(=O)(Cl)c1c(Cl)nc2cc(Cl)ccn12. The Morgan fingerprint density at radius 3 is 2.60 bits per heavy atom. The molecule has 0 spiro atoms. The summed E-state index contributed by atoms with van der Waals surface area (Å²) in [6.45, 7) is 0. The van der Waals surface area contributed by atoms with E-state index in [9.17, 15) is 8.42 Å². The van der Waals surface area contributed by atoms with Gasteiger partial charge in [-0.05, 0) is 6.07 Å². The number of hydrogen-bond acceptors (Lipinski definition) is 3. The van der Waals surface area contributed by atoms with E-state index in [2.05, 4.69) is 4.98 Å². The van der Waals surface area contributed by atoms with E-state index >= 15 is 0 Å². The lowest BCUT2D eigenvalue weighted by molar-refractivity contribution is 0.605. The van der Waals surface area contributed by atoms with Gasteiger partial charge in [-0.25, -0.2) is 13.4 Å². The van der Waals surface area contributed by atoms with Crippen molar-refractivity contribution in [1.29, 1.82) is 0 Å². The number of fused-ring (bicyclic) bond motifs is 1. The third-order valence-corrected chi connectivity index (χ3v) is 3.64. The molecule has 0 unspecified atom stereocenters. The predicted molar refractivity (Wildman–Crippen MR) is 58.3 cm³/mol. The first-order valence-corrected chi connectivity index (χ1v) is 6.74. The molecule has 80 valence electrons. The molecule has 0 fully saturated rings. The molecule has 2 aromatic rings. The van der Waals surface area contributed by atoms with Crippen LogP contribution in [0.5, 0.6) is 0 Å². The lowest BCUT2D eigenvalue weighted by Crippen LogP contribution is -1.97. The van der Waals surface area contributed by atoms with Crippen LogP contribution in [0.2, 0.25) is 10.2 Å². The zero-order chi connectivity index (χ0) is 11.2. The van der Waals surface area contributed by atoms with Crippen LogP contribution in [-0.4, -0.2) is 17.8 Å². The van der Waals surface area contributed by atoms with Crippen LogP contribution >= 0.6 is 33.9 Å². The largest absolute Gasteiger partial charge is 0.288 e. The fourth-order valence-electron chi connectivity index (χ4n) is 1.19. The average molecular weight is 286 g/mol. The highest BCUT2D eigenvalue weighted by Crippen LogP contribution is 2.26. The van der Waals surface area contributed by atoms with Crippen LogP contribution in [0, 0.1) is 0 Å². The van der Waals surface area contributed by atoms with Crippen LogP contribution < -0.4 is 0 Å². The zero-order valence-electron chi connectivity index (χ0n) is 6.99. The summed E-state index contributed by atoms with van der Waals surface area (Å²) in [5.74, 6) is 0. The Bertz CT molecular complexity index is 635. The van der Waals surface area contributed by atoms with Crippen LogP contribution in [0.4, 0.5) is 0 Å². The van der Waals surface area contributed by atoms with Crippen LogP contribution in [0.15, 0.2) is 23.4 Å². The summed E-state index contributed by atoms with van der Waals surface area (Å²) in [4.78, 5) is 3.82. The molecule has 0 saturated carbocycles. The van der Waals surface area contributed by atoms with Gasteiger partial charge in [0.25, 0.3) is 9.05 Å². The van der Waals surface area contributed by atoms with E-state index in [4.69, 9.17) is 33.9 Å². The summed E-state index contributed by atoms with van der Waals surface area (Å²) >= 11 is 11.4. The number of imidazole rings is 1. The van der Waals surface area contributed by atoms with E-state index in [-0.39, 0.29) is 10.2 Å². The van der Waals surface area contributed by atoms with Gasteiger partial charge in [-0.1, -0.05) is 23.2 Å². The molecule has 2 heterocycles. The van der Waals surface area contributed by atoms with E-state index in [0.717, 1.165) is 0 Å². The van der Waals surface area contributed by atoms with Gasteiger partial charge in [-0.3, -0.25) is 4.40 Å². The molecule has 15 heavy (non-hydrogen) atoms. The summed E-state index contributed by atoms with van der Waals surface area (Å²) < 4.78 is 23.7. The quantitative estimate of drug-likeness (QED) is 0.757. The highest BCUT2D eigenvalue weighted by atomic mass is 35.7. The summed E-state index contributed by atoms with van der Waals surface area (Å²) in [5.41, 5.74) is 0.326. The monoisotopic (exact) mass is 284 g/mol. The minimum absolute atomic E-state index is 0.174. The third-order valence-electron chi connectivity index (χ3n) is 1.74. The highest BCUT2D eigenvalue weighted by molar-refractivity contribution is 8.13. The molecule has 0 aliphatic rings. The summed E-state index contributed by atoms with van der Waals surface area (Å²) in [7, 11) is 1.29. The highest BCUT2D eigenvalue weighted by Gasteiger charge is 2.21. The lowest BCUT2D eigenvalue weighted by Gasteiger charge is -1.97. The molecule has 0 saturated heterocycles. The van der Waals surface area contributed by atoms with Gasteiger partial charge < -0.3 is 0 Å². The number of pyridine rings is 1. The Balaban J connectivity index is 2.92. The molecule has 4 nitrogen and oxygen atoms in total. The van der Waals surface area contributed by atoms with Crippen LogP contribution in [0.25, 0.3) is 5.65 Å².